The molecule has 1 aliphatic rings. The molecule has 12 heavy (non-hydrogen) atoms. The second kappa shape index (κ2) is 4.80. The van der Waals surface area contributed by atoms with E-state index in [2.05, 4.69) is 11.8 Å². The maximum Gasteiger partial charge on any atom is 0.0679 e. The van der Waals surface area contributed by atoms with Gasteiger partial charge in [-0.1, -0.05) is 0 Å². The number of hydrogen-bond donors (Lipinski definition) is 1. The average Bonchev–Trinajstić information content (AvgIpc) is 2.47. The minimum Gasteiger partial charge on any atom is -0.392 e. The Labute approximate surface area is 74.3 Å². The van der Waals surface area contributed by atoms with E-state index in [0.717, 1.165) is 32.5 Å². The lowest BCUT2D eigenvalue weighted by molar-refractivity contribution is 0.133. The van der Waals surface area contributed by atoms with Crippen LogP contribution in [0.5, 0.6) is 0 Å². The Hall–Kier alpha value is -0.120. The zero-order valence-electron chi connectivity index (χ0n) is 7.99. The summed E-state index contributed by atoms with van der Waals surface area (Å²) >= 11 is 0. The largest absolute Gasteiger partial charge is 0.392 e. The number of likely N-dealkylation sites (tertiary alicyclic amines) is 1. The van der Waals surface area contributed by atoms with Crippen molar-refractivity contribution in [3.8, 4) is 0 Å². The first-order chi connectivity index (χ1) is 5.74. The van der Waals surface area contributed by atoms with E-state index in [9.17, 15) is 5.11 Å². The zero-order valence-corrected chi connectivity index (χ0v) is 7.99. The van der Waals surface area contributed by atoms with Gasteiger partial charge in [-0.15, -0.1) is 0 Å². The van der Waals surface area contributed by atoms with Gasteiger partial charge in [0.2, 0.25) is 0 Å². The molecule has 1 unspecified atom stereocenters. The van der Waals surface area contributed by atoms with Crippen molar-refractivity contribution in [2.75, 3.05) is 26.8 Å². The first-order valence-electron chi connectivity index (χ1n) is 4.65. The van der Waals surface area contributed by atoms with Crippen molar-refractivity contribution in [3.63, 3.8) is 0 Å². The summed E-state index contributed by atoms with van der Waals surface area (Å²) in [5.74, 6) is 0. The SMILES string of the molecule is COCCC(C)N1CC[C@H](O)C1. The van der Waals surface area contributed by atoms with Crippen LogP contribution in [0.15, 0.2) is 0 Å². The highest BCUT2D eigenvalue weighted by molar-refractivity contribution is 4.78. The van der Waals surface area contributed by atoms with Gasteiger partial charge in [-0.3, -0.25) is 4.90 Å². The van der Waals surface area contributed by atoms with Gasteiger partial charge in [0.1, 0.15) is 0 Å². The van der Waals surface area contributed by atoms with Crippen molar-refractivity contribution in [2.24, 2.45) is 0 Å². The van der Waals surface area contributed by atoms with Crippen molar-refractivity contribution in [1.29, 1.82) is 0 Å². The first-order valence-corrected chi connectivity index (χ1v) is 4.65. The van der Waals surface area contributed by atoms with Gasteiger partial charge >= 0.3 is 0 Å². The van der Waals surface area contributed by atoms with E-state index in [-0.39, 0.29) is 6.10 Å². The third-order valence-corrected chi connectivity index (χ3v) is 2.56. The number of ether oxygens (including phenoxy) is 1. The topological polar surface area (TPSA) is 32.7 Å². The van der Waals surface area contributed by atoms with Crippen molar-refractivity contribution >= 4 is 0 Å². The van der Waals surface area contributed by atoms with Gasteiger partial charge in [-0.25, -0.2) is 0 Å². The van der Waals surface area contributed by atoms with Crippen LogP contribution in [0.2, 0.25) is 0 Å². The summed E-state index contributed by atoms with van der Waals surface area (Å²) in [6, 6.07) is 0.544. The number of nitrogens with zero attached hydrogens (tertiary/aromatic N) is 1. The molecule has 1 heterocycles. The predicted molar refractivity (Wildman–Crippen MR) is 48.2 cm³/mol. The summed E-state index contributed by atoms with van der Waals surface area (Å²) in [6.07, 6.45) is 1.88. The number of β-amino-alcohol motifs (C(OH)–C–C–N with tert-alkyl or cyclic N) is 1. The second-order valence-corrected chi connectivity index (χ2v) is 3.57. The van der Waals surface area contributed by atoms with Gasteiger partial charge in [0.15, 0.2) is 0 Å². The molecule has 72 valence electrons. The van der Waals surface area contributed by atoms with Crippen molar-refractivity contribution in [1.82, 2.24) is 4.90 Å². The number of aliphatic hydroxyl groups is 1. The van der Waals surface area contributed by atoms with Crippen LogP contribution in [0, 0.1) is 0 Å². The van der Waals surface area contributed by atoms with Crippen LogP contribution >= 0.6 is 0 Å². The quantitative estimate of drug-likeness (QED) is 0.671. The Bertz CT molecular complexity index is 130. The van der Waals surface area contributed by atoms with Gasteiger partial charge in [0, 0.05) is 32.8 Å². The normalized spacial score (nSPS) is 27.8. The van der Waals surface area contributed by atoms with Crippen LogP contribution in [0.3, 0.4) is 0 Å². The number of hydrogen-bond acceptors (Lipinski definition) is 3. The van der Waals surface area contributed by atoms with E-state index >= 15 is 0 Å². The average molecular weight is 173 g/mol. The van der Waals surface area contributed by atoms with Crippen molar-refractivity contribution < 1.29 is 9.84 Å². The Morgan fingerprint density at radius 2 is 2.42 bits per heavy atom. The fraction of sp³-hybridized carbons (Fsp3) is 1.00. The van der Waals surface area contributed by atoms with Crippen LogP contribution in [-0.4, -0.2) is 49.0 Å². The first kappa shape index (κ1) is 9.96. The molecule has 1 aliphatic heterocycles. The molecule has 1 saturated heterocycles. The molecule has 0 amide bonds. The minimum atomic E-state index is -0.102. The van der Waals surface area contributed by atoms with E-state index < -0.39 is 0 Å². The van der Waals surface area contributed by atoms with Gasteiger partial charge in [0.25, 0.3) is 0 Å². The molecule has 1 N–H and O–H groups in total. The standard InChI is InChI=1S/C9H19NO2/c1-8(4-6-12-2)10-5-3-9(11)7-10/h8-9,11H,3-7H2,1-2H3/t8?,9-/m0/s1. The van der Waals surface area contributed by atoms with Crippen LogP contribution in [0.25, 0.3) is 0 Å². The summed E-state index contributed by atoms with van der Waals surface area (Å²) in [5.41, 5.74) is 0. The van der Waals surface area contributed by atoms with Crippen LogP contribution in [0.4, 0.5) is 0 Å². The second-order valence-electron chi connectivity index (χ2n) is 3.57. The molecule has 1 fully saturated rings. The lowest BCUT2D eigenvalue weighted by atomic mass is 10.2. The Morgan fingerprint density at radius 1 is 1.67 bits per heavy atom. The third kappa shape index (κ3) is 2.73. The molecular formula is C9H19NO2. The van der Waals surface area contributed by atoms with E-state index in [1.807, 2.05) is 0 Å². The molecule has 0 bridgehead atoms. The van der Waals surface area contributed by atoms with E-state index in [4.69, 9.17) is 4.74 Å². The molecule has 0 saturated carbocycles. The lowest BCUT2D eigenvalue weighted by Crippen LogP contribution is -2.32. The number of methoxy groups -OCH3 is 1. The zero-order chi connectivity index (χ0) is 8.97. The maximum atomic E-state index is 9.30. The van der Waals surface area contributed by atoms with Gasteiger partial charge in [0.05, 0.1) is 6.10 Å². The third-order valence-electron chi connectivity index (χ3n) is 2.56. The molecule has 0 aromatic rings. The molecule has 0 aromatic heterocycles. The number of aliphatic hydroxyl groups excluding tert-OH is 1. The summed E-state index contributed by atoms with van der Waals surface area (Å²) in [5, 5.41) is 9.30. The molecule has 1 rings (SSSR count). The predicted octanol–water partition coefficient (Wildman–Crippen LogP) is 0.478. The van der Waals surface area contributed by atoms with Crippen LogP contribution in [-0.2, 0) is 4.74 Å². The van der Waals surface area contributed by atoms with Gasteiger partial charge in [-0.2, -0.15) is 0 Å². The molecule has 3 nitrogen and oxygen atoms in total. The minimum absolute atomic E-state index is 0.102. The highest BCUT2D eigenvalue weighted by Crippen LogP contribution is 2.14. The maximum absolute atomic E-state index is 9.30. The molecule has 0 spiro atoms. The lowest BCUT2D eigenvalue weighted by Gasteiger charge is -2.23. The fourth-order valence-electron chi connectivity index (χ4n) is 1.64. The van der Waals surface area contributed by atoms with Crippen LogP contribution in [0.1, 0.15) is 19.8 Å². The van der Waals surface area contributed by atoms with E-state index in [0.29, 0.717) is 6.04 Å². The molecule has 0 aliphatic carbocycles. The van der Waals surface area contributed by atoms with Gasteiger partial charge in [-0.05, 0) is 19.8 Å². The molecule has 3 heteroatoms. The van der Waals surface area contributed by atoms with Crippen LogP contribution < -0.4 is 0 Å². The summed E-state index contributed by atoms with van der Waals surface area (Å²) in [6.45, 7) is 4.88. The Morgan fingerprint density at radius 3 is 2.92 bits per heavy atom. The molecule has 0 radical (unpaired) electrons. The highest BCUT2D eigenvalue weighted by Gasteiger charge is 2.23. The molecule has 0 aromatic carbocycles. The van der Waals surface area contributed by atoms with E-state index in [1.54, 1.807) is 7.11 Å². The fourth-order valence-corrected chi connectivity index (χ4v) is 1.64. The highest BCUT2D eigenvalue weighted by atomic mass is 16.5. The number of rotatable bonds is 4. The smallest absolute Gasteiger partial charge is 0.0679 e. The molecular weight excluding hydrogens is 154 g/mol. The summed E-state index contributed by atoms with van der Waals surface area (Å²) < 4.78 is 5.01. The van der Waals surface area contributed by atoms with Gasteiger partial charge < -0.3 is 9.84 Å². The monoisotopic (exact) mass is 173 g/mol. The van der Waals surface area contributed by atoms with Crippen molar-refractivity contribution in [2.45, 2.75) is 31.9 Å². The molecule has 2 atom stereocenters. The summed E-state index contributed by atoms with van der Waals surface area (Å²) in [7, 11) is 1.73. The van der Waals surface area contributed by atoms with E-state index in [1.165, 1.54) is 0 Å². The summed E-state index contributed by atoms with van der Waals surface area (Å²) in [4.78, 5) is 2.32. The van der Waals surface area contributed by atoms with Crippen molar-refractivity contribution in [3.05, 3.63) is 0 Å². The Balaban J connectivity index is 2.18. The Kier molecular flexibility index (Phi) is 3.98.